The highest BCUT2D eigenvalue weighted by molar-refractivity contribution is 5.92. The number of hydrogen-bond donors (Lipinski definition) is 4. The summed E-state index contributed by atoms with van der Waals surface area (Å²) in [6.07, 6.45) is 1.07. The number of carbonyl (C=O) groups is 3. The highest BCUT2D eigenvalue weighted by Crippen LogP contribution is 2.17. The summed E-state index contributed by atoms with van der Waals surface area (Å²) >= 11 is 0. The van der Waals surface area contributed by atoms with Gasteiger partial charge in [0.15, 0.2) is 0 Å². The maximum atomic E-state index is 13.8. The second kappa shape index (κ2) is 13.0. The van der Waals surface area contributed by atoms with Crippen molar-refractivity contribution in [3.8, 4) is 0 Å². The summed E-state index contributed by atoms with van der Waals surface area (Å²) in [5, 5.41) is 15.2. The van der Waals surface area contributed by atoms with E-state index in [4.69, 9.17) is 0 Å². The number of para-hydroxylation sites is 1. The Kier molecular flexibility index (Phi) is 9.81. The molecule has 0 bridgehead atoms. The highest BCUT2D eigenvalue weighted by atomic mass is 16.4. The molecule has 4 N–H and O–H groups in total. The SMILES string of the molecule is CCC(C)[C@H](NC(=O)[C@@H](NC(=O)[C@H](Cc1ccccc1)n1c(=O)[nH]c2ccccc2c1=O)C(C)CC)C(=O)O. The molecule has 1 heterocycles. The summed E-state index contributed by atoms with van der Waals surface area (Å²) in [5.74, 6) is -3.19. The zero-order valence-electron chi connectivity index (χ0n) is 22.6. The molecule has 0 aliphatic rings. The number of carboxylic acids is 1. The molecule has 0 saturated heterocycles. The molecule has 208 valence electrons. The van der Waals surface area contributed by atoms with Gasteiger partial charge in [0.25, 0.3) is 5.56 Å². The van der Waals surface area contributed by atoms with Gasteiger partial charge in [0.1, 0.15) is 18.1 Å². The van der Waals surface area contributed by atoms with Crippen LogP contribution in [0.3, 0.4) is 0 Å². The van der Waals surface area contributed by atoms with Crippen LogP contribution in [0.5, 0.6) is 0 Å². The molecular weight excluding hydrogens is 500 g/mol. The third-order valence-electron chi connectivity index (χ3n) is 7.29. The van der Waals surface area contributed by atoms with Crippen molar-refractivity contribution >= 4 is 28.7 Å². The number of nitrogens with zero attached hydrogens (tertiary/aromatic N) is 1. The number of aliphatic carboxylic acids is 1. The van der Waals surface area contributed by atoms with Crippen molar-refractivity contribution in [2.45, 2.75) is 65.1 Å². The van der Waals surface area contributed by atoms with Crippen LogP contribution in [0.25, 0.3) is 10.9 Å². The van der Waals surface area contributed by atoms with E-state index < -0.39 is 47.2 Å². The maximum absolute atomic E-state index is 13.8. The van der Waals surface area contributed by atoms with Crippen LogP contribution in [0.1, 0.15) is 52.1 Å². The first-order chi connectivity index (χ1) is 18.6. The van der Waals surface area contributed by atoms with E-state index in [1.807, 2.05) is 19.9 Å². The molecule has 0 aliphatic carbocycles. The molecule has 3 aromatic rings. The number of nitrogens with one attached hydrogen (secondary N) is 3. The van der Waals surface area contributed by atoms with Crippen LogP contribution in [0.4, 0.5) is 0 Å². The van der Waals surface area contributed by atoms with Crippen LogP contribution in [0.2, 0.25) is 0 Å². The molecule has 0 saturated carbocycles. The predicted molar refractivity (Wildman–Crippen MR) is 148 cm³/mol. The van der Waals surface area contributed by atoms with Gasteiger partial charge in [-0.15, -0.1) is 0 Å². The number of aromatic nitrogens is 2. The molecule has 2 amide bonds. The molecule has 5 atom stereocenters. The van der Waals surface area contributed by atoms with Gasteiger partial charge in [-0.25, -0.2) is 14.2 Å². The summed E-state index contributed by atoms with van der Waals surface area (Å²) in [4.78, 5) is 68.2. The summed E-state index contributed by atoms with van der Waals surface area (Å²) < 4.78 is 0.884. The highest BCUT2D eigenvalue weighted by Gasteiger charge is 2.34. The van der Waals surface area contributed by atoms with E-state index in [2.05, 4.69) is 15.6 Å². The van der Waals surface area contributed by atoms with Crippen LogP contribution in [0, 0.1) is 11.8 Å². The van der Waals surface area contributed by atoms with E-state index in [-0.39, 0.29) is 23.6 Å². The Bertz CT molecular complexity index is 1430. The van der Waals surface area contributed by atoms with Crippen LogP contribution in [-0.2, 0) is 20.8 Å². The quantitative estimate of drug-likeness (QED) is 0.279. The van der Waals surface area contributed by atoms with Crippen molar-refractivity contribution in [1.29, 1.82) is 0 Å². The third-order valence-corrected chi connectivity index (χ3v) is 7.29. The molecule has 2 unspecified atom stereocenters. The molecule has 2 aromatic carbocycles. The Labute approximate surface area is 226 Å². The van der Waals surface area contributed by atoms with E-state index in [0.717, 1.165) is 4.57 Å². The van der Waals surface area contributed by atoms with Gasteiger partial charge in [-0.1, -0.05) is 83.0 Å². The Morgan fingerprint density at radius 3 is 2.03 bits per heavy atom. The first-order valence-electron chi connectivity index (χ1n) is 13.2. The van der Waals surface area contributed by atoms with Gasteiger partial charge >= 0.3 is 11.7 Å². The van der Waals surface area contributed by atoms with Crippen LogP contribution >= 0.6 is 0 Å². The van der Waals surface area contributed by atoms with E-state index in [9.17, 15) is 29.1 Å². The molecular formula is C29H36N4O6. The minimum atomic E-state index is -1.27. The lowest BCUT2D eigenvalue weighted by Crippen LogP contribution is -2.57. The maximum Gasteiger partial charge on any atom is 0.329 e. The Hall–Kier alpha value is -4.21. The third kappa shape index (κ3) is 6.81. The normalized spacial score (nSPS) is 15.1. The van der Waals surface area contributed by atoms with Gasteiger partial charge < -0.3 is 20.7 Å². The molecule has 0 spiro atoms. The van der Waals surface area contributed by atoms with Crippen LogP contribution in [-0.4, -0.2) is 44.5 Å². The zero-order chi connectivity index (χ0) is 28.7. The van der Waals surface area contributed by atoms with Gasteiger partial charge in [0, 0.05) is 6.42 Å². The lowest BCUT2D eigenvalue weighted by molar-refractivity contribution is -0.144. The average Bonchev–Trinajstić information content (AvgIpc) is 2.93. The average molecular weight is 537 g/mol. The molecule has 0 radical (unpaired) electrons. The Morgan fingerprint density at radius 1 is 0.846 bits per heavy atom. The molecule has 3 rings (SSSR count). The molecule has 1 aromatic heterocycles. The van der Waals surface area contributed by atoms with Crippen molar-refractivity contribution in [2.24, 2.45) is 11.8 Å². The Morgan fingerprint density at radius 2 is 1.41 bits per heavy atom. The fraction of sp³-hybridized carbons (Fsp3) is 0.414. The summed E-state index contributed by atoms with van der Waals surface area (Å²) in [6, 6.07) is 12.0. The molecule has 10 nitrogen and oxygen atoms in total. The fourth-order valence-corrected chi connectivity index (χ4v) is 4.48. The number of benzene rings is 2. The lowest BCUT2D eigenvalue weighted by atomic mass is 9.95. The predicted octanol–water partition coefficient (Wildman–Crippen LogP) is 2.62. The van der Waals surface area contributed by atoms with E-state index in [1.165, 1.54) is 0 Å². The first kappa shape index (κ1) is 29.3. The number of fused-ring (bicyclic) bond motifs is 1. The molecule has 0 fully saturated rings. The van der Waals surface area contributed by atoms with Gasteiger partial charge in [0.2, 0.25) is 11.8 Å². The van der Waals surface area contributed by atoms with Crippen molar-refractivity contribution in [1.82, 2.24) is 20.2 Å². The second-order valence-electron chi connectivity index (χ2n) is 9.94. The summed E-state index contributed by atoms with van der Waals surface area (Å²) in [7, 11) is 0. The number of carboxylic acid groups (broad SMARTS) is 1. The monoisotopic (exact) mass is 536 g/mol. The van der Waals surface area contributed by atoms with Crippen LogP contribution in [0.15, 0.2) is 64.2 Å². The van der Waals surface area contributed by atoms with E-state index in [0.29, 0.717) is 23.9 Å². The number of rotatable bonds is 12. The fourth-order valence-electron chi connectivity index (χ4n) is 4.48. The minimum absolute atomic E-state index is 0.0213. The van der Waals surface area contributed by atoms with Crippen molar-refractivity contribution in [3.63, 3.8) is 0 Å². The van der Waals surface area contributed by atoms with Crippen molar-refractivity contribution in [3.05, 3.63) is 81.0 Å². The summed E-state index contributed by atoms with van der Waals surface area (Å²) in [6.45, 7) is 7.17. The van der Waals surface area contributed by atoms with E-state index >= 15 is 0 Å². The van der Waals surface area contributed by atoms with Gasteiger partial charge in [-0.3, -0.25) is 14.4 Å². The standard InChI is InChI=1S/C29H36N4O6/c1-5-17(3)23(26(35)32-24(28(37)38)18(4)6-2)31-25(34)22(16-19-12-8-7-9-13-19)33-27(36)20-14-10-11-15-21(20)30-29(33)39/h7-15,17-18,22-24H,5-6,16H2,1-4H3,(H,30,39)(H,31,34)(H,32,35)(H,37,38)/t17?,18?,22-,23-,24-/m0/s1. The van der Waals surface area contributed by atoms with Crippen LogP contribution < -0.4 is 21.9 Å². The molecule has 0 aliphatic heterocycles. The number of aromatic amines is 1. The second-order valence-corrected chi connectivity index (χ2v) is 9.94. The minimum Gasteiger partial charge on any atom is -0.480 e. The lowest BCUT2D eigenvalue weighted by Gasteiger charge is -2.29. The topological polar surface area (TPSA) is 150 Å². The van der Waals surface area contributed by atoms with E-state index in [1.54, 1.807) is 62.4 Å². The van der Waals surface area contributed by atoms with Crippen molar-refractivity contribution < 1.29 is 19.5 Å². The Balaban J connectivity index is 2.03. The van der Waals surface area contributed by atoms with Gasteiger partial charge in [0.05, 0.1) is 10.9 Å². The molecule has 39 heavy (non-hydrogen) atoms. The number of hydrogen-bond acceptors (Lipinski definition) is 5. The number of carbonyl (C=O) groups excluding carboxylic acids is 2. The first-order valence-corrected chi connectivity index (χ1v) is 13.2. The summed E-state index contributed by atoms with van der Waals surface area (Å²) in [5.41, 5.74) is -0.312. The smallest absolute Gasteiger partial charge is 0.329 e. The number of amides is 2. The number of H-pyrrole nitrogens is 1. The zero-order valence-corrected chi connectivity index (χ0v) is 22.6. The van der Waals surface area contributed by atoms with Crippen molar-refractivity contribution in [2.75, 3.05) is 0 Å². The largest absolute Gasteiger partial charge is 0.480 e. The van der Waals surface area contributed by atoms with Gasteiger partial charge in [-0.05, 0) is 29.5 Å². The molecule has 10 heteroatoms. The van der Waals surface area contributed by atoms with Gasteiger partial charge in [-0.2, -0.15) is 0 Å².